The minimum absolute atomic E-state index is 0.669. The van der Waals surface area contributed by atoms with Crippen LogP contribution in [0.15, 0.2) is 46.9 Å². The summed E-state index contributed by atoms with van der Waals surface area (Å²) >= 11 is 9.73. The zero-order valence-corrected chi connectivity index (χ0v) is 15.4. The van der Waals surface area contributed by atoms with Crippen LogP contribution in [0.2, 0.25) is 5.02 Å². The van der Waals surface area contributed by atoms with Crippen molar-refractivity contribution >= 4 is 33.3 Å². The maximum atomic E-state index is 6.21. The fourth-order valence-corrected chi connectivity index (χ4v) is 3.61. The van der Waals surface area contributed by atoms with Gasteiger partial charge in [0.1, 0.15) is 17.3 Å². The van der Waals surface area contributed by atoms with Crippen molar-refractivity contribution in [2.24, 2.45) is 0 Å². The molecule has 0 bridgehead atoms. The molecule has 4 nitrogen and oxygen atoms in total. The number of methoxy groups -OCH3 is 1. The Kier molecular flexibility index (Phi) is 3.98. The van der Waals surface area contributed by atoms with Gasteiger partial charge in [-0.3, -0.25) is 0 Å². The molecule has 0 fully saturated rings. The van der Waals surface area contributed by atoms with Crippen LogP contribution in [0, 0.1) is 0 Å². The maximum Gasteiger partial charge on any atom is 0.133 e. The van der Waals surface area contributed by atoms with Crippen LogP contribution in [0.3, 0.4) is 0 Å². The number of anilines is 1. The molecule has 1 N–H and O–H groups in total. The highest BCUT2D eigenvalue weighted by atomic mass is 79.9. The fourth-order valence-electron chi connectivity index (χ4n) is 3.05. The van der Waals surface area contributed by atoms with E-state index in [1.165, 1.54) is 5.56 Å². The minimum atomic E-state index is 0.669. The van der Waals surface area contributed by atoms with E-state index < -0.39 is 0 Å². The summed E-state index contributed by atoms with van der Waals surface area (Å²) in [6.07, 6.45) is 0.925. The topological polar surface area (TPSA) is 39.1 Å². The Morgan fingerprint density at radius 1 is 1.25 bits per heavy atom. The van der Waals surface area contributed by atoms with E-state index in [0.717, 1.165) is 46.0 Å². The van der Waals surface area contributed by atoms with Gasteiger partial charge in [0, 0.05) is 27.2 Å². The van der Waals surface area contributed by atoms with E-state index in [1.807, 2.05) is 47.1 Å². The van der Waals surface area contributed by atoms with Crippen molar-refractivity contribution in [3.05, 3.63) is 57.5 Å². The Morgan fingerprint density at radius 2 is 2.12 bits per heavy atom. The first-order valence-electron chi connectivity index (χ1n) is 7.63. The highest BCUT2D eigenvalue weighted by molar-refractivity contribution is 9.10. The standard InChI is InChI=1S/C18H15BrClN3O/c1-24-16-6-5-12(20)10-15(16)17-14-7-8-21-18(14)23(22-17)13-4-2-3-11(19)9-13/h2-6,9-10,21H,7-8H2,1H3. The van der Waals surface area contributed by atoms with Crippen LogP contribution in [0.1, 0.15) is 5.56 Å². The van der Waals surface area contributed by atoms with Crippen LogP contribution in [0.5, 0.6) is 5.75 Å². The average molecular weight is 405 g/mol. The first kappa shape index (κ1) is 15.5. The second-order valence-electron chi connectivity index (χ2n) is 5.59. The van der Waals surface area contributed by atoms with Crippen molar-refractivity contribution in [3.63, 3.8) is 0 Å². The van der Waals surface area contributed by atoms with Crippen LogP contribution >= 0.6 is 27.5 Å². The summed E-state index contributed by atoms with van der Waals surface area (Å²) in [6.45, 7) is 0.900. The summed E-state index contributed by atoms with van der Waals surface area (Å²) < 4.78 is 8.48. The van der Waals surface area contributed by atoms with Crippen LogP contribution in [0.25, 0.3) is 16.9 Å². The Labute approximate surface area is 153 Å². The number of aromatic nitrogens is 2. The number of nitrogens with zero attached hydrogens (tertiary/aromatic N) is 2. The molecule has 24 heavy (non-hydrogen) atoms. The van der Waals surface area contributed by atoms with Gasteiger partial charge in [0.05, 0.1) is 12.8 Å². The number of ether oxygens (including phenoxy) is 1. The van der Waals surface area contributed by atoms with Gasteiger partial charge in [-0.2, -0.15) is 5.10 Å². The molecule has 0 aliphatic carbocycles. The second-order valence-corrected chi connectivity index (χ2v) is 6.94. The number of rotatable bonds is 3. The SMILES string of the molecule is COc1ccc(Cl)cc1-c1nn(-c2cccc(Br)c2)c2c1CCN2. The first-order chi connectivity index (χ1) is 11.7. The number of hydrogen-bond acceptors (Lipinski definition) is 3. The molecular weight excluding hydrogens is 390 g/mol. The van der Waals surface area contributed by atoms with Crippen molar-refractivity contribution in [1.82, 2.24) is 9.78 Å². The van der Waals surface area contributed by atoms with Gasteiger partial charge in [0.2, 0.25) is 0 Å². The highest BCUT2D eigenvalue weighted by Crippen LogP contribution is 2.39. The quantitative estimate of drug-likeness (QED) is 0.672. The number of nitrogens with one attached hydrogen (secondary N) is 1. The Bertz CT molecular complexity index is 923. The third-order valence-electron chi connectivity index (χ3n) is 4.12. The van der Waals surface area contributed by atoms with Gasteiger partial charge in [0.15, 0.2) is 0 Å². The number of benzene rings is 2. The summed E-state index contributed by atoms with van der Waals surface area (Å²) in [7, 11) is 1.66. The van der Waals surface area contributed by atoms with E-state index in [-0.39, 0.29) is 0 Å². The normalized spacial score (nSPS) is 12.8. The molecule has 0 amide bonds. The number of halogens is 2. The monoisotopic (exact) mass is 403 g/mol. The second kappa shape index (κ2) is 6.15. The summed E-state index contributed by atoms with van der Waals surface area (Å²) in [6, 6.07) is 13.7. The van der Waals surface area contributed by atoms with Crippen LogP contribution < -0.4 is 10.1 Å². The third-order valence-corrected chi connectivity index (χ3v) is 4.85. The zero-order chi connectivity index (χ0) is 16.7. The summed E-state index contributed by atoms with van der Waals surface area (Å²) in [4.78, 5) is 0. The fraction of sp³-hybridized carbons (Fsp3) is 0.167. The van der Waals surface area contributed by atoms with Gasteiger partial charge < -0.3 is 10.1 Å². The molecule has 1 aliphatic heterocycles. The molecule has 0 saturated heterocycles. The van der Waals surface area contributed by atoms with E-state index >= 15 is 0 Å². The summed E-state index contributed by atoms with van der Waals surface area (Å²) in [5.41, 5.74) is 4.02. The Morgan fingerprint density at radius 3 is 2.92 bits per heavy atom. The molecule has 1 aliphatic rings. The molecule has 3 aromatic rings. The zero-order valence-electron chi connectivity index (χ0n) is 13.0. The van der Waals surface area contributed by atoms with Gasteiger partial charge in [-0.25, -0.2) is 4.68 Å². The lowest BCUT2D eigenvalue weighted by Crippen LogP contribution is -2.04. The largest absolute Gasteiger partial charge is 0.496 e. The molecule has 2 aromatic carbocycles. The molecule has 0 unspecified atom stereocenters. The van der Waals surface area contributed by atoms with Crippen molar-refractivity contribution in [2.45, 2.75) is 6.42 Å². The number of fused-ring (bicyclic) bond motifs is 1. The molecule has 4 rings (SSSR count). The van der Waals surface area contributed by atoms with Gasteiger partial charge in [-0.05, 0) is 42.8 Å². The predicted octanol–water partition coefficient (Wildman–Crippen LogP) is 4.93. The van der Waals surface area contributed by atoms with E-state index in [0.29, 0.717) is 5.02 Å². The molecular formula is C18H15BrClN3O. The van der Waals surface area contributed by atoms with Crippen molar-refractivity contribution < 1.29 is 4.74 Å². The van der Waals surface area contributed by atoms with Crippen LogP contribution in [-0.4, -0.2) is 23.4 Å². The van der Waals surface area contributed by atoms with Crippen LogP contribution in [-0.2, 0) is 6.42 Å². The van der Waals surface area contributed by atoms with E-state index in [4.69, 9.17) is 21.4 Å². The molecule has 0 atom stereocenters. The Balaban J connectivity index is 1.93. The highest BCUT2D eigenvalue weighted by Gasteiger charge is 2.25. The molecule has 1 aromatic heterocycles. The van der Waals surface area contributed by atoms with E-state index in [9.17, 15) is 0 Å². The maximum absolute atomic E-state index is 6.21. The van der Waals surface area contributed by atoms with Crippen molar-refractivity contribution in [1.29, 1.82) is 0 Å². The lowest BCUT2D eigenvalue weighted by molar-refractivity contribution is 0.416. The molecule has 0 radical (unpaired) electrons. The van der Waals surface area contributed by atoms with Crippen LogP contribution in [0.4, 0.5) is 5.82 Å². The molecule has 6 heteroatoms. The first-order valence-corrected chi connectivity index (χ1v) is 8.80. The summed E-state index contributed by atoms with van der Waals surface area (Å²) in [5, 5.41) is 8.97. The van der Waals surface area contributed by atoms with Gasteiger partial charge in [-0.1, -0.05) is 33.6 Å². The van der Waals surface area contributed by atoms with Gasteiger partial charge >= 0.3 is 0 Å². The lowest BCUT2D eigenvalue weighted by atomic mass is 10.1. The average Bonchev–Trinajstić information content (AvgIpc) is 3.17. The minimum Gasteiger partial charge on any atom is -0.496 e. The van der Waals surface area contributed by atoms with E-state index in [2.05, 4.69) is 21.2 Å². The van der Waals surface area contributed by atoms with Crippen molar-refractivity contribution in [2.75, 3.05) is 19.0 Å². The van der Waals surface area contributed by atoms with Gasteiger partial charge in [0.25, 0.3) is 0 Å². The van der Waals surface area contributed by atoms with Gasteiger partial charge in [-0.15, -0.1) is 0 Å². The van der Waals surface area contributed by atoms with E-state index in [1.54, 1.807) is 7.11 Å². The third kappa shape index (κ3) is 2.58. The van der Waals surface area contributed by atoms with Crippen molar-refractivity contribution in [3.8, 4) is 22.7 Å². The molecule has 0 spiro atoms. The molecule has 0 saturated carbocycles. The molecule has 2 heterocycles. The summed E-state index contributed by atoms with van der Waals surface area (Å²) in [5.74, 6) is 1.80. The number of hydrogen-bond donors (Lipinski definition) is 1. The molecule has 122 valence electrons. The predicted molar refractivity (Wildman–Crippen MR) is 100 cm³/mol. The lowest BCUT2D eigenvalue weighted by Gasteiger charge is -2.08. The smallest absolute Gasteiger partial charge is 0.133 e. The Hall–Kier alpha value is -1.98.